The number of nitrogens with zero attached hydrogens (tertiary/aromatic N) is 1. The summed E-state index contributed by atoms with van der Waals surface area (Å²) in [6.45, 7) is 6.86. The van der Waals surface area contributed by atoms with Crippen molar-refractivity contribution in [3.05, 3.63) is 90.6 Å². The van der Waals surface area contributed by atoms with Crippen molar-refractivity contribution in [2.24, 2.45) is 0 Å². The van der Waals surface area contributed by atoms with Crippen molar-refractivity contribution in [1.82, 2.24) is 4.98 Å². The number of aromatic nitrogens is 1. The van der Waals surface area contributed by atoms with Gasteiger partial charge < -0.3 is 0 Å². The van der Waals surface area contributed by atoms with Crippen molar-refractivity contribution < 1.29 is 0 Å². The molecule has 29 heavy (non-hydrogen) atoms. The quantitative estimate of drug-likeness (QED) is 0.355. The zero-order chi connectivity index (χ0) is 20.6. The molecule has 3 aromatic carbocycles. The van der Waals surface area contributed by atoms with E-state index in [1.807, 2.05) is 6.20 Å². The van der Waals surface area contributed by atoms with E-state index in [1.165, 1.54) is 30.7 Å². The molecule has 4 rings (SSSR count). The maximum atomic E-state index is 4.78. The Morgan fingerprint density at radius 3 is 2.14 bits per heavy atom. The normalized spacial score (nSPS) is 12.3. The molecule has 0 saturated heterocycles. The Hall–Kier alpha value is -2.39. The van der Waals surface area contributed by atoms with Crippen LogP contribution in [0.3, 0.4) is 0 Å². The monoisotopic (exact) mass is 441 g/mol. The number of benzene rings is 3. The van der Waals surface area contributed by atoms with Crippen molar-refractivity contribution in [1.29, 1.82) is 0 Å². The third-order valence-electron chi connectivity index (χ3n) is 5.94. The minimum absolute atomic E-state index is 0.0777. The van der Waals surface area contributed by atoms with Crippen molar-refractivity contribution >= 4 is 32.8 Å². The van der Waals surface area contributed by atoms with Gasteiger partial charge in [0.05, 0.1) is 0 Å². The predicted octanol–water partition coefficient (Wildman–Crippen LogP) is 6.02. The molecule has 0 aliphatic rings. The summed E-state index contributed by atoms with van der Waals surface area (Å²) < 4.78 is 2.96. The molecule has 0 atom stereocenters. The molecule has 0 spiro atoms. The zero-order valence-electron chi connectivity index (χ0n) is 18.0. The van der Waals surface area contributed by atoms with Gasteiger partial charge in [0.1, 0.15) is 0 Å². The van der Waals surface area contributed by atoms with Crippen molar-refractivity contribution in [2.45, 2.75) is 37.7 Å². The Morgan fingerprint density at radius 2 is 1.41 bits per heavy atom. The first-order valence-electron chi connectivity index (χ1n) is 10.3. The molecule has 1 aromatic heterocycles. The molecule has 1 heterocycles. The van der Waals surface area contributed by atoms with E-state index < -0.39 is 13.3 Å². The summed E-state index contributed by atoms with van der Waals surface area (Å²) in [6.07, 6.45) is 1.99. The van der Waals surface area contributed by atoms with Crippen LogP contribution in [0.25, 0.3) is 22.0 Å². The average molecular weight is 440 g/mol. The Kier molecular flexibility index (Phi) is 5.12. The number of hydrogen-bond acceptors (Lipinski definition) is 1. The second-order valence-electron chi connectivity index (χ2n) is 9.42. The fourth-order valence-corrected chi connectivity index (χ4v) is 9.00. The van der Waals surface area contributed by atoms with Crippen LogP contribution in [0.2, 0.25) is 11.5 Å². The van der Waals surface area contributed by atoms with E-state index in [2.05, 4.69) is 111 Å². The van der Waals surface area contributed by atoms with Gasteiger partial charge >= 0.3 is 177 Å². The van der Waals surface area contributed by atoms with Gasteiger partial charge in [0.15, 0.2) is 0 Å². The molecule has 0 fully saturated rings. The van der Waals surface area contributed by atoms with Gasteiger partial charge in [0.2, 0.25) is 0 Å². The summed E-state index contributed by atoms with van der Waals surface area (Å²) in [5.74, 6) is 4.94. The molecular formula is C27H29GeN. The molecule has 0 radical (unpaired) electrons. The van der Waals surface area contributed by atoms with Gasteiger partial charge in [0, 0.05) is 0 Å². The summed E-state index contributed by atoms with van der Waals surface area (Å²) in [7, 11) is 0. The number of hydrogen-bond donors (Lipinski definition) is 0. The predicted molar refractivity (Wildman–Crippen MR) is 129 cm³/mol. The average Bonchev–Trinajstić information content (AvgIpc) is 2.73. The van der Waals surface area contributed by atoms with E-state index >= 15 is 0 Å². The Balaban J connectivity index is 1.87. The first-order valence-corrected chi connectivity index (χ1v) is 16.6. The zero-order valence-corrected chi connectivity index (χ0v) is 20.1. The van der Waals surface area contributed by atoms with E-state index in [0.717, 1.165) is 5.69 Å². The Labute approximate surface area is 177 Å². The van der Waals surface area contributed by atoms with Crippen LogP contribution in [0.15, 0.2) is 85.1 Å². The fraction of sp³-hybridized carbons (Fsp3) is 0.222. The molecule has 4 aromatic rings. The van der Waals surface area contributed by atoms with Crippen molar-refractivity contribution in [3.63, 3.8) is 0 Å². The van der Waals surface area contributed by atoms with Crippen LogP contribution < -0.4 is 8.79 Å². The van der Waals surface area contributed by atoms with Crippen LogP contribution in [0.4, 0.5) is 0 Å². The van der Waals surface area contributed by atoms with Crippen molar-refractivity contribution in [3.8, 4) is 11.3 Å². The van der Waals surface area contributed by atoms with E-state index in [0.29, 0.717) is 0 Å². The van der Waals surface area contributed by atoms with Gasteiger partial charge in [-0.2, -0.15) is 0 Å². The molecule has 0 N–H and O–H groups in total. The van der Waals surface area contributed by atoms with Crippen molar-refractivity contribution in [2.75, 3.05) is 0 Å². The third kappa shape index (κ3) is 3.89. The summed E-state index contributed by atoms with van der Waals surface area (Å²) in [5, 5.41) is 2.62. The molecule has 0 saturated carbocycles. The van der Waals surface area contributed by atoms with Gasteiger partial charge in [-0.05, 0) is 0 Å². The minimum atomic E-state index is -2.35. The molecule has 1 nitrogen and oxygen atoms in total. The van der Waals surface area contributed by atoms with Crippen LogP contribution in [-0.4, -0.2) is 18.3 Å². The summed E-state index contributed by atoms with van der Waals surface area (Å²) in [4.78, 5) is 4.78. The second-order valence-corrected chi connectivity index (χ2v) is 18.7. The Morgan fingerprint density at radius 1 is 0.724 bits per heavy atom. The van der Waals surface area contributed by atoms with E-state index in [1.54, 1.807) is 0 Å². The van der Waals surface area contributed by atoms with Gasteiger partial charge in [-0.15, -0.1) is 0 Å². The van der Waals surface area contributed by atoms with Crippen LogP contribution in [0.5, 0.6) is 0 Å². The van der Waals surface area contributed by atoms with E-state index in [4.69, 9.17) is 4.98 Å². The van der Waals surface area contributed by atoms with Crippen LogP contribution in [0, 0.1) is 0 Å². The molecule has 0 aliphatic heterocycles. The number of rotatable bonds is 3. The summed E-state index contributed by atoms with van der Waals surface area (Å²) >= 11 is -2.35. The maximum absolute atomic E-state index is 4.78. The first-order chi connectivity index (χ1) is 13.8. The summed E-state index contributed by atoms with van der Waals surface area (Å²) in [5.41, 5.74) is 3.74. The summed E-state index contributed by atoms with van der Waals surface area (Å²) in [6, 6.07) is 28.9. The molecule has 0 bridgehead atoms. The SMILES string of the molecule is CC(C)(C)c1cc(-c2c[c]([Ge]([CH3])([CH3])[c]3ccccc3)ccn2)cc2ccccc12. The number of pyridine rings is 1. The van der Waals surface area contributed by atoms with E-state index in [9.17, 15) is 0 Å². The van der Waals surface area contributed by atoms with Gasteiger partial charge in [0.25, 0.3) is 0 Å². The standard InChI is InChI=1S/C27H29GeN/c1-27(2,3)25-18-21(17-20-11-9-10-14-24(20)25)26-19-23(15-16-29-26)28(4,5)22-12-7-6-8-13-22/h6-19H,1-5H3. The molecule has 146 valence electrons. The van der Waals surface area contributed by atoms with Gasteiger partial charge in [-0.25, -0.2) is 0 Å². The van der Waals surface area contributed by atoms with Crippen LogP contribution in [-0.2, 0) is 5.41 Å². The fourth-order valence-electron chi connectivity index (χ4n) is 4.08. The third-order valence-corrected chi connectivity index (χ3v) is 13.4. The van der Waals surface area contributed by atoms with Crippen LogP contribution >= 0.6 is 0 Å². The first kappa shape index (κ1) is 19.9. The topological polar surface area (TPSA) is 12.9 Å². The van der Waals surface area contributed by atoms with Gasteiger partial charge in [-0.1, -0.05) is 0 Å². The molecule has 2 heteroatoms. The molecular weight excluding hydrogens is 411 g/mol. The van der Waals surface area contributed by atoms with Crippen LogP contribution in [0.1, 0.15) is 26.3 Å². The second kappa shape index (κ2) is 7.46. The molecule has 0 amide bonds. The molecule has 0 aliphatic carbocycles. The Bertz CT molecular complexity index is 1150. The molecule has 0 unspecified atom stereocenters. The van der Waals surface area contributed by atoms with E-state index in [-0.39, 0.29) is 5.41 Å². The van der Waals surface area contributed by atoms with Gasteiger partial charge in [-0.3, -0.25) is 0 Å². The number of fused-ring (bicyclic) bond motifs is 1.